The fraction of sp³-hybridized carbons (Fsp3) is 0.294. The molecule has 19 heavy (non-hydrogen) atoms. The fourth-order valence-corrected chi connectivity index (χ4v) is 2.49. The molecule has 0 aliphatic carbocycles. The molecule has 1 nitrogen and oxygen atoms in total. The van der Waals surface area contributed by atoms with Crippen molar-refractivity contribution >= 4 is 0 Å². The van der Waals surface area contributed by atoms with Crippen molar-refractivity contribution in [2.24, 2.45) is 0 Å². The van der Waals surface area contributed by atoms with Gasteiger partial charge < -0.3 is 5.11 Å². The predicted octanol–water partition coefficient (Wildman–Crippen LogP) is 4.03. The number of rotatable bonds is 3. The van der Waals surface area contributed by atoms with Crippen LogP contribution in [0.4, 0.5) is 4.39 Å². The highest BCUT2D eigenvalue weighted by molar-refractivity contribution is 5.33. The Morgan fingerprint density at radius 2 is 1.63 bits per heavy atom. The maximum Gasteiger partial charge on any atom is 0.123 e. The fourth-order valence-electron chi connectivity index (χ4n) is 2.49. The van der Waals surface area contributed by atoms with Gasteiger partial charge in [0.2, 0.25) is 0 Å². The van der Waals surface area contributed by atoms with Crippen molar-refractivity contribution in [1.82, 2.24) is 0 Å². The van der Waals surface area contributed by atoms with E-state index in [2.05, 4.69) is 18.2 Å². The molecule has 2 aromatic carbocycles. The summed E-state index contributed by atoms with van der Waals surface area (Å²) in [6.45, 7) is 5.96. The van der Waals surface area contributed by atoms with E-state index < -0.39 is 6.10 Å². The smallest absolute Gasteiger partial charge is 0.123 e. The van der Waals surface area contributed by atoms with E-state index in [1.54, 1.807) is 6.07 Å². The molecule has 100 valence electrons. The van der Waals surface area contributed by atoms with Crippen molar-refractivity contribution in [2.75, 3.05) is 0 Å². The summed E-state index contributed by atoms with van der Waals surface area (Å²) in [5, 5.41) is 10.3. The van der Waals surface area contributed by atoms with E-state index in [4.69, 9.17) is 0 Å². The molecule has 0 aliphatic rings. The monoisotopic (exact) mass is 258 g/mol. The van der Waals surface area contributed by atoms with Gasteiger partial charge in [-0.3, -0.25) is 0 Å². The topological polar surface area (TPSA) is 20.2 Å². The van der Waals surface area contributed by atoms with Gasteiger partial charge in [-0.1, -0.05) is 35.4 Å². The van der Waals surface area contributed by atoms with Crippen molar-refractivity contribution < 1.29 is 9.50 Å². The maximum absolute atomic E-state index is 13.3. The lowest BCUT2D eigenvalue weighted by Gasteiger charge is -2.15. The summed E-state index contributed by atoms with van der Waals surface area (Å²) in [6.07, 6.45) is -0.163. The molecule has 0 amide bonds. The molecule has 0 aromatic heterocycles. The van der Waals surface area contributed by atoms with Gasteiger partial charge in [-0.15, -0.1) is 0 Å². The lowest BCUT2D eigenvalue weighted by Crippen LogP contribution is -2.05. The van der Waals surface area contributed by atoms with Crippen LogP contribution in [-0.2, 0) is 6.42 Å². The maximum atomic E-state index is 13.3. The second kappa shape index (κ2) is 5.54. The van der Waals surface area contributed by atoms with Crippen molar-refractivity contribution in [3.8, 4) is 0 Å². The van der Waals surface area contributed by atoms with Gasteiger partial charge in [0.15, 0.2) is 0 Å². The Balaban J connectivity index is 2.25. The van der Waals surface area contributed by atoms with Gasteiger partial charge in [0.1, 0.15) is 5.82 Å². The molecule has 0 spiro atoms. The Hall–Kier alpha value is -1.67. The third-order valence-corrected chi connectivity index (χ3v) is 3.31. The lowest BCUT2D eigenvalue weighted by molar-refractivity contribution is 0.177. The van der Waals surface area contributed by atoms with Crippen LogP contribution in [0.5, 0.6) is 0 Å². The van der Waals surface area contributed by atoms with Gasteiger partial charge in [-0.05, 0) is 49.6 Å². The van der Waals surface area contributed by atoms with Crippen LogP contribution in [0.1, 0.15) is 33.9 Å². The minimum Gasteiger partial charge on any atom is -0.388 e. The standard InChI is InChI=1S/C17H19FO/c1-11-6-12(2)8-14(7-11)9-17(19)16-10-15(18)5-4-13(16)3/h4-8,10,17,19H,9H2,1-3H3. The van der Waals surface area contributed by atoms with E-state index in [1.807, 2.05) is 20.8 Å². The number of benzene rings is 2. The van der Waals surface area contributed by atoms with Crippen LogP contribution in [0, 0.1) is 26.6 Å². The SMILES string of the molecule is Cc1cc(C)cc(CC(O)c2cc(F)ccc2C)c1. The first-order valence-corrected chi connectivity index (χ1v) is 6.47. The van der Waals surface area contributed by atoms with Crippen molar-refractivity contribution in [3.63, 3.8) is 0 Å². The highest BCUT2D eigenvalue weighted by atomic mass is 19.1. The molecule has 2 heteroatoms. The van der Waals surface area contributed by atoms with Crippen LogP contribution in [0.2, 0.25) is 0 Å². The molecule has 1 atom stereocenters. The van der Waals surface area contributed by atoms with E-state index in [0.29, 0.717) is 12.0 Å². The zero-order chi connectivity index (χ0) is 14.0. The van der Waals surface area contributed by atoms with Crippen LogP contribution in [0.25, 0.3) is 0 Å². The second-order valence-electron chi connectivity index (χ2n) is 5.22. The molecule has 0 fully saturated rings. The van der Waals surface area contributed by atoms with Crippen LogP contribution in [0.15, 0.2) is 36.4 Å². The van der Waals surface area contributed by atoms with E-state index in [0.717, 1.165) is 11.1 Å². The Morgan fingerprint density at radius 1 is 1.00 bits per heavy atom. The summed E-state index contributed by atoms with van der Waals surface area (Å²) in [5.74, 6) is -0.305. The molecule has 2 rings (SSSR count). The van der Waals surface area contributed by atoms with Crippen LogP contribution in [-0.4, -0.2) is 5.11 Å². The van der Waals surface area contributed by atoms with E-state index in [1.165, 1.54) is 23.3 Å². The number of aliphatic hydroxyl groups is 1. The second-order valence-corrected chi connectivity index (χ2v) is 5.22. The van der Waals surface area contributed by atoms with Gasteiger partial charge in [-0.25, -0.2) is 4.39 Å². The van der Waals surface area contributed by atoms with E-state index >= 15 is 0 Å². The molecule has 1 unspecified atom stereocenters. The molecule has 0 aliphatic heterocycles. The molecule has 1 N–H and O–H groups in total. The molecule has 0 saturated carbocycles. The lowest BCUT2D eigenvalue weighted by atomic mass is 9.96. The number of hydrogen-bond acceptors (Lipinski definition) is 1. The first-order valence-electron chi connectivity index (χ1n) is 6.47. The summed E-state index contributed by atoms with van der Waals surface area (Å²) < 4.78 is 13.3. The molecule has 0 heterocycles. The van der Waals surface area contributed by atoms with Gasteiger partial charge in [-0.2, -0.15) is 0 Å². The number of aryl methyl sites for hydroxylation is 3. The Labute approximate surface area is 113 Å². The molecular formula is C17H19FO. The first kappa shape index (κ1) is 13.8. The highest BCUT2D eigenvalue weighted by Gasteiger charge is 2.12. The van der Waals surface area contributed by atoms with Crippen LogP contribution in [0.3, 0.4) is 0 Å². The van der Waals surface area contributed by atoms with Gasteiger partial charge in [0, 0.05) is 6.42 Å². The summed E-state index contributed by atoms with van der Waals surface area (Å²) in [4.78, 5) is 0. The number of hydrogen-bond donors (Lipinski definition) is 1. The summed E-state index contributed by atoms with van der Waals surface area (Å²) >= 11 is 0. The van der Waals surface area contributed by atoms with Crippen LogP contribution < -0.4 is 0 Å². The zero-order valence-corrected chi connectivity index (χ0v) is 11.6. The predicted molar refractivity (Wildman–Crippen MR) is 75.7 cm³/mol. The Morgan fingerprint density at radius 3 is 2.26 bits per heavy atom. The summed E-state index contributed by atoms with van der Waals surface area (Å²) in [7, 11) is 0. The van der Waals surface area contributed by atoms with E-state index in [-0.39, 0.29) is 5.82 Å². The number of aliphatic hydroxyl groups excluding tert-OH is 1. The molecule has 0 bridgehead atoms. The summed E-state index contributed by atoms with van der Waals surface area (Å²) in [5.41, 5.74) is 5.02. The first-order chi connectivity index (χ1) is 8.95. The Kier molecular flexibility index (Phi) is 4.01. The molecular weight excluding hydrogens is 239 g/mol. The summed E-state index contributed by atoms with van der Waals surface area (Å²) in [6, 6.07) is 10.8. The minimum absolute atomic E-state index is 0.305. The Bertz CT molecular complexity index is 570. The van der Waals surface area contributed by atoms with Crippen LogP contribution >= 0.6 is 0 Å². The molecule has 2 aromatic rings. The molecule has 0 radical (unpaired) electrons. The third kappa shape index (κ3) is 3.42. The van der Waals surface area contributed by atoms with Gasteiger partial charge >= 0.3 is 0 Å². The average Bonchev–Trinajstić information content (AvgIpc) is 2.30. The normalized spacial score (nSPS) is 12.5. The largest absolute Gasteiger partial charge is 0.388 e. The highest BCUT2D eigenvalue weighted by Crippen LogP contribution is 2.23. The average molecular weight is 258 g/mol. The van der Waals surface area contributed by atoms with Crippen molar-refractivity contribution in [3.05, 3.63) is 70.0 Å². The van der Waals surface area contributed by atoms with E-state index in [9.17, 15) is 9.50 Å². The quantitative estimate of drug-likeness (QED) is 0.881. The number of halogens is 1. The van der Waals surface area contributed by atoms with Crippen molar-refractivity contribution in [2.45, 2.75) is 33.3 Å². The van der Waals surface area contributed by atoms with Gasteiger partial charge in [0.05, 0.1) is 6.10 Å². The van der Waals surface area contributed by atoms with Crippen molar-refractivity contribution in [1.29, 1.82) is 0 Å². The van der Waals surface area contributed by atoms with Gasteiger partial charge in [0.25, 0.3) is 0 Å². The minimum atomic E-state index is -0.670. The molecule has 0 saturated heterocycles. The zero-order valence-electron chi connectivity index (χ0n) is 11.6. The third-order valence-electron chi connectivity index (χ3n) is 3.31.